The fraction of sp³-hybridized carbons (Fsp3) is 0.786. The summed E-state index contributed by atoms with van der Waals surface area (Å²) in [5, 5.41) is 2.54. The van der Waals surface area contributed by atoms with Gasteiger partial charge in [0.1, 0.15) is 0 Å². The van der Waals surface area contributed by atoms with Gasteiger partial charge in [-0.15, -0.1) is 0 Å². The van der Waals surface area contributed by atoms with Gasteiger partial charge in [-0.25, -0.2) is 4.79 Å². The Morgan fingerprint density at radius 2 is 1.85 bits per heavy atom. The van der Waals surface area contributed by atoms with E-state index in [-0.39, 0.29) is 36.3 Å². The Bertz CT molecular complexity index is 415. The molecule has 1 saturated carbocycles. The van der Waals surface area contributed by atoms with E-state index in [1.807, 2.05) is 4.90 Å². The van der Waals surface area contributed by atoms with E-state index in [9.17, 15) is 14.4 Å². The predicted molar refractivity (Wildman–Crippen MR) is 71.8 cm³/mol. The molecule has 3 rings (SSSR count). The quantitative estimate of drug-likeness (QED) is 0.757. The minimum absolute atomic E-state index is 0.0892. The number of nitrogens with zero attached hydrogens (tertiary/aromatic N) is 2. The lowest BCUT2D eigenvalue weighted by Crippen LogP contribution is -2.43. The van der Waals surface area contributed by atoms with Crippen molar-refractivity contribution in [1.82, 2.24) is 15.1 Å². The number of nitrogens with one attached hydrogen (secondary N) is 1. The number of likely N-dealkylation sites (tertiary alicyclic amines) is 1. The fourth-order valence-corrected chi connectivity index (χ4v) is 3.56. The molecule has 20 heavy (non-hydrogen) atoms. The molecule has 0 aromatic carbocycles. The zero-order valence-electron chi connectivity index (χ0n) is 11.6. The highest BCUT2D eigenvalue weighted by Crippen LogP contribution is 2.27. The van der Waals surface area contributed by atoms with Gasteiger partial charge in [-0.2, -0.15) is 0 Å². The standard InChI is InChI=1S/C14H21N3O3/c18-12-8-15-14(20)17(12)11-6-7-16(9-11)13(19)10-4-2-1-3-5-10/h10-11H,1-9H2,(H,15,20). The molecule has 3 aliphatic rings. The van der Waals surface area contributed by atoms with Gasteiger partial charge in [0.15, 0.2) is 0 Å². The zero-order valence-corrected chi connectivity index (χ0v) is 11.6. The van der Waals surface area contributed by atoms with Crippen LogP contribution < -0.4 is 5.32 Å². The van der Waals surface area contributed by atoms with Gasteiger partial charge < -0.3 is 10.2 Å². The van der Waals surface area contributed by atoms with Gasteiger partial charge in [0.2, 0.25) is 11.8 Å². The average Bonchev–Trinajstić information content (AvgIpc) is 3.06. The fourth-order valence-electron chi connectivity index (χ4n) is 3.56. The molecule has 0 aromatic heterocycles. The third kappa shape index (κ3) is 2.39. The third-order valence-electron chi connectivity index (χ3n) is 4.67. The number of amides is 4. The Balaban J connectivity index is 1.60. The second kappa shape index (κ2) is 5.42. The van der Waals surface area contributed by atoms with Crippen molar-refractivity contribution in [3.63, 3.8) is 0 Å². The van der Waals surface area contributed by atoms with Gasteiger partial charge in [0.05, 0.1) is 12.6 Å². The number of hydrogen-bond acceptors (Lipinski definition) is 3. The summed E-state index contributed by atoms with van der Waals surface area (Å²) in [5.41, 5.74) is 0. The summed E-state index contributed by atoms with van der Waals surface area (Å²) >= 11 is 0. The molecule has 2 aliphatic heterocycles. The first-order valence-electron chi connectivity index (χ1n) is 7.55. The van der Waals surface area contributed by atoms with Crippen molar-refractivity contribution in [2.24, 2.45) is 5.92 Å². The van der Waals surface area contributed by atoms with Crippen molar-refractivity contribution in [1.29, 1.82) is 0 Å². The van der Waals surface area contributed by atoms with Crippen molar-refractivity contribution in [2.75, 3.05) is 19.6 Å². The van der Waals surface area contributed by atoms with Gasteiger partial charge >= 0.3 is 6.03 Å². The van der Waals surface area contributed by atoms with Gasteiger partial charge in [0, 0.05) is 19.0 Å². The minimum atomic E-state index is -0.313. The van der Waals surface area contributed by atoms with Crippen LogP contribution in [0.3, 0.4) is 0 Å². The van der Waals surface area contributed by atoms with Crippen LogP contribution in [0.5, 0.6) is 0 Å². The summed E-state index contributed by atoms with van der Waals surface area (Å²) in [6, 6.07) is -0.454. The van der Waals surface area contributed by atoms with Crippen LogP contribution >= 0.6 is 0 Å². The van der Waals surface area contributed by atoms with E-state index in [2.05, 4.69) is 5.32 Å². The van der Waals surface area contributed by atoms with Crippen LogP contribution in [0.2, 0.25) is 0 Å². The van der Waals surface area contributed by atoms with Crippen molar-refractivity contribution in [2.45, 2.75) is 44.6 Å². The summed E-state index contributed by atoms with van der Waals surface area (Å²) in [6.45, 7) is 1.26. The van der Waals surface area contributed by atoms with Crippen LogP contribution in [-0.4, -0.2) is 53.3 Å². The topological polar surface area (TPSA) is 69.7 Å². The third-order valence-corrected chi connectivity index (χ3v) is 4.67. The summed E-state index contributed by atoms with van der Waals surface area (Å²) < 4.78 is 0. The molecule has 1 N–H and O–H groups in total. The zero-order chi connectivity index (χ0) is 14.1. The van der Waals surface area contributed by atoms with Gasteiger partial charge in [-0.3, -0.25) is 14.5 Å². The maximum Gasteiger partial charge on any atom is 0.324 e. The SMILES string of the molecule is O=C(C1CCCCC1)N1CCC(N2C(=O)CNC2=O)C1. The average molecular weight is 279 g/mol. The monoisotopic (exact) mass is 279 g/mol. The van der Waals surface area contributed by atoms with Crippen LogP contribution in [0.25, 0.3) is 0 Å². The summed E-state index contributed by atoms with van der Waals surface area (Å²) in [7, 11) is 0. The van der Waals surface area contributed by atoms with Crippen molar-refractivity contribution < 1.29 is 14.4 Å². The number of urea groups is 1. The lowest BCUT2D eigenvalue weighted by Gasteiger charge is -2.27. The molecule has 1 atom stereocenters. The molecule has 4 amide bonds. The molecule has 3 fully saturated rings. The van der Waals surface area contributed by atoms with Gasteiger partial charge in [-0.05, 0) is 19.3 Å². The number of carbonyl (C=O) groups is 3. The van der Waals surface area contributed by atoms with Crippen LogP contribution in [0.15, 0.2) is 0 Å². The highest BCUT2D eigenvalue weighted by atomic mass is 16.2. The van der Waals surface area contributed by atoms with Crippen LogP contribution in [-0.2, 0) is 9.59 Å². The van der Waals surface area contributed by atoms with Gasteiger partial charge in [-0.1, -0.05) is 19.3 Å². The molecule has 1 unspecified atom stereocenters. The minimum Gasteiger partial charge on any atom is -0.340 e. The summed E-state index contributed by atoms with van der Waals surface area (Å²) in [5.74, 6) is 0.205. The molecule has 0 aromatic rings. The van der Waals surface area contributed by atoms with Crippen LogP contribution in [0.4, 0.5) is 4.79 Å². The van der Waals surface area contributed by atoms with E-state index in [0.717, 1.165) is 25.7 Å². The Hall–Kier alpha value is -1.59. The molecule has 2 heterocycles. The normalized spacial score (nSPS) is 28.1. The van der Waals surface area contributed by atoms with Gasteiger partial charge in [0.25, 0.3) is 0 Å². The van der Waals surface area contributed by atoms with Crippen LogP contribution in [0, 0.1) is 5.92 Å². The molecule has 0 bridgehead atoms. The van der Waals surface area contributed by atoms with Crippen LogP contribution in [0.1, 0.15) is 38.5 Å². The van der Waals surface area contributed by atoms with Crippen molar-refractivity contribution >= 4 is 17.8 Å². The number of carbonyl (C=O) groups excluding carboxylic acids is 3. The highest BCUT2D eigenvalue weighted by molar-refractivity contribution is 6.02. The maximum absolute atomic E-state index is 12.4. The summed E-state index contributed by atoms with van der Waals surface area (Å²) in [4.78, 5) is 38.9. The molecule has 1 aliphatic carbocycles. The maximum atomic E-state index is 12.4. The number of imide groups is 1. The predicted octanol–water partition coefficient (Wildman–Crippen LogP) is 0.719. The Morgan fingerprint density at radius 1 is 1.10 bits per heavy atom. The second-order valence-corrected chi connectivity index (χ2v) is 5.98. The Labute approximate surface area is 118 Å². The Morgan fingerprint density at radius 3 is 2.50 bits per heavy atom. The van der Waals surface area contributed by atoms with Crippen molar-refractivity contribution in [3.8, 4) is 0 Å². The summed E-state index contributed by atoms with van der Waals surface area (Å²) in [6.07, 6.45) is 6.19. The lowest BCUT2D eigenvalue weighted by molar-refractivity contribution is -0.136. The number of rotatable bonds is 2. The lowest BCUT2D eigenvalue weighted by atomic mass is 9.88. The molecule has 6 heteroatoms. The van der Waals surface area contributed by atoms with E-state index >= 15 is 0 Å². The molecular formula is C14H21N3O3. The first kappa shape index (κ1) is 13.4. The Kier molecular flexibility index (Phi) is 3.63. The first-order chi connectivity index (χ1) is 9.66. The molecule has 2 saturated heterocycles. The van der Waals surface area contributed by atoms with E-state index < -0.39 is 0 Å². The molecule has 0 radical (unpaired) electrons. The van der Waals surface area contributed by atoms with Crippen molar-refractivity contribution in [3.05, 3.63) is 0 Å². The molecular weight excluding hydrogens is 258 g/mol. The number of hydrogen-bond donors (Lipinski definition) is 1. The van der Waals surface area contributed by atoms with E-state index in [0.29, 0.717) is 19.5 Å². The molecule has 110 valence electrons. The largest absolute Gasteiger partial charge is 0.340 e. The van der Waals surface area contributed by atoms with E-state index in [1.54, 1.807) is 0 Å². The van der Waals surface area contributed by atoms with E-state index in [4.69, 9.17) is 0 Å². The first-order valence-corrected chi connectivity index (χ1v) is 7.55. The smallest absolute Gasteiger partial charge is 0.324 e. The highest BCUT2D eigenvalue weighted by Gasteiger charge is 2.40. The molecule has 0 spiro atoms. The van der Waals surface area contributed by atoms with E-state index in [1.165, 1.54) is 11.3 Å². The second-order valence-electron chi connectivity index (χ2n) is 5.98. The molecule has 6 nitrogen and oxygen atoms in total.